The highest BCUT2D eigenvalue weighted by atomic mass is 16.2. The summed E-state index contributed by atoms with van der Waals surface area (Å²) in [5, 5.41) is 3.13. The van der Waals surface area contributed by atoms with Gasteiger partial charge >= 0.3 is 0 Å². The Bertz CT molecular complexity index is 601. The molecule has 3 rings (SSSR count). The van der Waals surface area contributed by atoms with Crippen LogP contribution < -0.4 is 10.2 Å². The number of hydrogen-bond donors (Lipinski definition) is 1. The molecule has 0 aromatic heterocycles. The minimum Gasteiger partial charge on any atom is -0.352 e. The molecule has 1 heterocycles. The summed E-state index contributed by atoms with van der Waals surface area (Å²) in [4.78, 5) is 26.8. The van der Waals surface area contributed by atoms with Gasteiger partial charge in [-0.25, -0.2) is 0 Å². The Morgan fingerprint density at radius 2 is 1.83 bits per heavy atom. The summed E-state index contributed by atoms with van der Waals surface area (Å²) in [5.41, 5.74) is 1.32. The predicted molar refractivity (Wildman–Crippen MR) is 91.5 cm³/mol. The van der Waals surface area contributed by atoms with Crippen molar-refractivity contribution < 1.29 is 9.59 Å². The van der Waals surface area contributed by atoms with E-state index in [-0.39, 0.29) is 24.4 Å². The lowest BCUT2D eigenvalue weighted by molar-refractivity contribution is -0.125. The lowest BCUT2D eigenvalue weighted by Gasteiger charge is -2.22. The smallest absolute Gasteiger partial charge is 0.240 e. The number of nitrogens with one attached hydrogen (secondary N) is 1. The van der Waals surface area contributed by atoms with E-state index < -0.39 is 5.41 Å². The number of benzene rings is 1. The van der Waals surface area contributed by atoms with Gasteiger partial charge in [-0.3, -0.25) is 9.59 Å². The van der Waals surface area contributed by atoms with Crippen molar-refractivity contribution in [2.45, 2.75) is 63.8 Å². The predicted octanol–water partition coefficient (Wildman–Crippen LogP) is 3.15. The van der Waals surface area contributed by atoms with E-state index in [1.54, 1.807) is 4.90 Å². The van der Waals surface area contributed by atoms with E-state index in [1.807, 2.05) is 38.1 Å². The molecule has 1 fully saturated rings. The molecular formula is C19H26N2O2. The molecule has 4 heteroatoms. The highest BCUT2D eigenvalue weighted by Crippen LogP contribution is 2.40. The zero-order valence-electron chi connectivity index (χ0n) is 14.1. The SMILES string of the molecule is CC1(C)C(=O)N(CC(=O)NC2CCCCCC2)c2ccccc21. The van der Waals surface area contributed by atoms with E-state index in [1.165, 1.54) is 25.7 Å². The summed E-state index contributed by atoms with van der Waals surface area (Å²) in [6, 6.07) is 8.05. The van der Waals surface area contributed by atoms with E-state index in [4.69, 9.17) is 0 Å². The molecule has 124 valence electrons. The largest absolute Gasteiger partial charge is 0.352 e. The Labute approximate surface area is 138 Å². The van der Waals surface area contributed by atoms with Crippen LogP contribution in [-0.2, 0) is 15.0 Å². The molecule has 1 aromatic rings. The molecule has 23 heavy (non-hydrogen) atoms. The van der Waals surface area contributed by atoms with Crippen LogP contribution in [-0.4, -0.2) is 24.4 Å². The Morgan fingerprint density at radius 3 is 2.52 bits per heavy atom. The standard InChI is InChI=1S/C19H26N2O2/c1-19(2)15-11-7-8-12-16(15)21(18(19)23)13-17(22)20-14-9-5-3-4-6-10-14/h7-8,11-12,14H,3-6,9-10,13H2,1-2H3,(H,20,22). The van der Waals surface area contributed by atoms with E-state index in [2.05, 4.69) is 5.32 Å². The number of hydrogen-bond acceptors (Lipinski definition) is 2. The fourth-order valence-corrected chi connectivity index (χ4v) is 3.80. The lowest BCUT2D eigenvalue weighted by atomic mass is 9.86. The van der Waals surface area contributed by atoms with Gasteiger partial charge in [-0.1, -0.05) is 43.9 Å². The van der Waals surface area contributed by atoms with Crippen LogP contribution in [0.3, 0.4) is 0 Å². The van der Waals surface area contributed by atoms with Crippen molar-refractivity contribution >= 4 is 17.5 Å². The number of amides is 2. The molecule has 1 aliphatic heterocycles. The topological polar surface area (TPSA) is 49.4 Å². The normalized spacial score (nSPS) is 21.0. The summed E-state index contributed by atoms with van der Waals surface area (Å²) >= 11 is 0. The van der Waals surface area contributed by atoms with Gasteiger partial charge in [0.15, 0.2) is 0 Å². The van der Waals surface area contributed by atoms with Crippen molar-refractivity contribution in [2.24, 2.45) is 0 Å². The number of para-hydroxylation sites is 1. The molecule has 0 radical (unpaired) electrons. The Kier molecular flexibility index (Phi) is 4.42. The van der Waals surface area contributed by atoms with Crippen molar-refractivity contribution in [3.8, 4) is 0 Å². The van der Waals surface area contributed by atoms with Gasteiger partial charge in [0.1, 0.15) is 6.54 Å². The number of rotatable bonds is 3. The van der Waals surface area contributed by atoms with Crippen LogP contribution in [0.15, 0.2) is 24.3 Å². The monoisotopic (exact) mass is 314 g/mol. The first-order valence-corrected chi connectivity index (χ1v) is 8.71. The minimum atomic E-state index is -0.556. The Hall–Kier alpha value is -1.84. The van der Waals surface area contributed by atoms with Gasteiger partial charge in [0.05, 0.1) is 5.41 Å². The van der Waals surface area contributed by atoms with E-state index in [9.17, 15) is 9.59 Å². The summed E-state index contributed by atoms with van der Waals surface area (Å²) in [6.45, 7) is 3.98. The first-order chi connectivity index (χ1) is 11.0. The number of carbonyl (C=O) groups is 2. The molecule has 1 N–H and O–H groups in total. The second-order valence-corrected chi connectivity index (χ2v) is 7.29. The lowest BCUT2D eigenvalue weighted by Crippen LogP contribution is -2.45. The zero-order chi connectivity index (χ0) is 16.4. The maximum absolute atomic E-state index is 12.7. The third-order valence-electron chi connectivity index (χ3n) is 5.17. The summed E-state index contributed by atoms with van der Waals surface area (Å²) in [6.07, 6.45) is 7.01. The minimum absolute atomic E-state index is 0.00900. The third kappa shape index (κ3) is 3.12. The second-order valence-electron chi connectivity index (χ2n) is 7.29. The molecule has 2 aliphatic rings. The van der Waals surface area contributed by atoms with E-state index >= 15 is 0 Å². The number of fused-ring (bicyclic) bond motifs is 1. The molecule has 1 aromatic carbocycles. The van der Waals surface area contributed by atoms with Gasteiger partial charge in [0.25, 0.3) is 0 Å². The molecule has 1 saturated carbocycles. The first-order valence-electron chi connectivity index (χ1n) is 8.71. The molecule has 0 unspecified atom stereocenters. The molecule has 4 nitrogen and oxygen atoms in total. The van der Waals surface area contributed by atoms with Crippen molar-refractivity contribution in [1.82, 2.24) is 5.32 Å². The maximum atomic E-state index is 12.7. The fraction of sp³-hybridized carbons (Fsp3) is 0.579. The van der Waals surface area contributed by atoms with Crippen LogP contribution >= 0.6 is 0 Å². The zero-order valence-corrected chi connectivity index (χ0v) is 14.1. The Balaban J connectivity index is 1.70. The average Bonchev–Trinajstić information content (AvgIpc) is 2.73. The van der Waals surface area contributed by atoms with Crippen LogP contribution in [0.25, 0.3) is 0 Å². The second kappa shape index (κ2) is 6.34. The molecule has 0 saturated heterocycles. The molecule has 0 atom stereocenters. The van der Waals surface area contributed by atoms with E-state index in [0.29, 0.717) is 0 Å². The molecule has 0 spiro atoms. The number of carbonyl (C=O) groups excluding carboxylic acids is 2. The number of nitrogens with zero attached hydrogens (tertiary/aromatic N) is 1. The van der Waals surface area contributed by atoms with Gasteiger partial charge in [-0.2, -0.15) is 0 Å². The Morgan fingerprint density at radius 1 is 1.17 bits per heavy atom. The van der Waals surface area contributed by atoms with Crippen molar-refractivity contribution in [3.05, 3.63) is 29.8 Å². The number of anilines is 1. The van der Waals surface area contributed by atoms with Gasteiger partial charge in [-0.05, 0) is 38.3 Å². The summed E-state index contributed by atoms with van der Waals surface area (Å²) < 4.78 is 0. The van der Waals surface area contributed by atoms with Gasteiger partial charge in [-0.15, -0.1) is 0 Å². The average molecular weight is 314 g/mol. The van der Waals surface area contributed by atoms with Crippen molar-refractivity contribution in [3.63, 3.8) is 0 Å². The summed E-state index contributed by atoms with van der Waals surface area (Å²) in [5.74, 6) is -0.0348. The van der Waals surface area contributed by atoms with Crippen molar-refractivity contribution in [2.75, 3.05) is 11.4 Å². The van der Waals surface area contributed by atoms with Gasteiger partial charge in [0.2, 0.25) is 11.8 Å². The third-order valence-corrected chi connectivity index (χ3v) is 5.17. The molecular weight excluding hydrogens is 288 g/mol. The highest BCUT2D eigenvalue weighted by molar-refractivity contribution is 6.10. The van der Waals surface area contributed by atoms with Crippen molar-refractivity contribution in [1.29, 1.82) is 0 Å². The highest BCUT2D eigenvalue weighted by Gasteiger charge is 2.44. The first kappa shape index (κ1) is 16.0. The van der Waals surface area contributed by atoms with Crippen LogP contribution in [0, 0.1) is 0 Å². The summed E-state index contributed by atoms with van der Waals surface area (Å²) in [7, 11) is 0. The van der Waals surface area contributed by atoms with Crippen LogP contribution in [0.4, 0.5) is 5.69 Å². The van der Waals surface area contributed by atoms with Crippen LogP contribution in [0.2, 0.25) is 0 Å². The molecule has 2 amide bonds. The van der Waals surface area contributed by atoms with Gasteiger partial charge < -0.3 is 10.2 Å². The van der Waals surface area contributed by atoms with E-state index in [0.717, 1.165) is 24.1 Å². The molecule has 1 aliphatic carbocycles. The quantitative estimate of drug-likeness (QED) is 0.871. The maximum Gasteiger partial charge on any atom is 0.240 e. The molecule has 0 bridgehead atoms. The van der Waals surface area contributed by atoms with Crippen LogP contribution in [0.5, 0.6) is 0 Å². The van der Waals surface area contributed by atoms with Crippen LogP contribution in [0.1, 0.15) is 57.9 Å². The van der Waals surface area contributed by atoms with Gasteiger partial charge in [0, 0.05) is 11.7 Å². The fourth-order valence-electron chi connectivity index (χ4n) is 3.80.